The lowest BCUT2D eigenvalue weighted by Crippen LogP contribution is -1.89. The molecule has 0 heterocycles. The summed E-state index contributed by atoms with van der Waals surface area (Å²) in [5.74, 6) is 1.15. The van der Waals surface area contributed by atoms with Crippen LogP contribution in [-0.2, 0) is 0 Å². The van der Waals surface area contributed by atoms with E-state index < -0.39 is 0 Å². The molecule has 0 fully saturated rings. The summed E-state index contributed by atoms with van der Waals surface area (Å²) in [7, 11) is 0. The van der Waals surface area contributed by atoms with Crippen LogP contribution in [0, 0.1) is 6.92 Å². The molecule has 0 aliphatic rings. The standard InChI is InChI=1S/C10H15NS/c1-3-6-12-10-5-4-8(2)7-9(10)11/h4-5,7H,3,6,11H2,1-2H3. The Balaban J connectivity index is 2.72. The van der Waals surface area contributed by atoms with Crippen LogP contribution in [0.15, 0.2) is 23.1 Å². The van der Waals surface area contributed by atoms with Crippen molar-refractivity contribution in [3.63, 3.8) is 0 Å². The van der Waals surface area contributed by atoms with Crippen molar-refractivity contribution in [1.82, 2.24) is 0 Å². The van der Waals surface area contributed by atoms with Crippen LogP contribution in [-0.4, -0.2) is 5.75 Å². The normalized spacial score (nSPS) is 10.2. The van der Waals surface area contributed by atoms with Gasteiger partial charge in [0.1, 0.15) is 0 Å². The van der Waals surface area contributed by atoms with Crippen molar-refractivity contribution in [2.75, 3.05) is 11.5 Å². The van der Waals surface area contributed by atoms with Gasteiger partial charge in [-0.3, -0.25) is 0 Å². The highest BCUT2D eigenvalue weighted by Crippen LogP contribution is 2.25. The Bertz CT molecular complexity index is 258. The van der Waals surface area contributed by atoms with E-state index in [4.69, 9.17) is 5.73 Å². The number of rotatable bonds is 3. The fraction of sp³-hybridized carbons (Fsp3) is 0.400. The summed E-state index contributed by atoms with van der Waals surface area (Å²) >= 11 is 1.83. The van der Waals surface area contributed by atoms with E-state index in [1.807, 2.05) is 17.8 Å². The summed E-state index contributed by atoms with van der Waals surface area (Å²) in [5.41, 5.74) is 7.98. The molecule has 0 amide bonds. The molecule has 12 heavy (non-hydrogen) atoms. The average Bonchev–Trinajstić information content (AvgIpc) is 2.03. The zero-order chi connectivity index (χ0) is 8.97. The molecule has 1 aromatic carbocycles. The Labute approximate surface area is 78.4 Å². The van der Waals surface area contributed by atoms with Gasteiger partial charge in [0.15, 0.2) is 0 Å². The van der Waals surface area contributed by atoms with Gasteiger partial charge in [0.25, 0.3) is 0 Å². The minimum absolute atomic E-state index is 0.911. The maximum absolute atomic E-state index is 5.84. The van der Waals surface area contributed by atoms with E-state index in [9.17, 15) is 0 Å². The number of thioether (sulfide) groups is 1. The summed E-state index contributed by atoms with van der Waals surface area (Å²) in [6.07, 6.45) is 1.19. The van der Waals surface area contributed by atoms with Crippen LogP contribution in [0.1, 0.15) is 18.9 Å². The minimum atomic E-state index is 0.911. The summed E-state index contributed by atoms with van der Waals surface area (Å²) in [6, 6.07) is 6.23. The smallest absolute Gasteiger partial charge is 0.0454 e. The second-order valence-corrected chi connectivity index (χ2v) is 4.03. The van der Waals surface area contributed by atoms with Crippen LogP contribution >= 0.6 is 11.8 Å². The summed E-state index contributed by atoms with van der Waals surface area (Å²) in [4.78, 5) is 1.21. The third-order valence-corrected chi connectivity index (χ3v) is 2.92. The highest BCUT2D eigenvalue weighted by Gasteiger charge is 1.98. The first kappa shape index (κ1) is 9.46. The summed E-state index contributed by atoms with van der Waals surface area (Å²) in [6.45, 7) is 4.24. The minimum Gasteiger partial charge on any atom is -0.398 e. The Kier molecular flexibility index (Phi) is 3.48. The SMILES string of the molecule is CCCSc1ccc(C)cc1N. The van der Waals surface area contributed by atoms with Gasteiger partial charge in [-0.05, 0) is 36.8 Å². The first-order valence-corrected chi connectivity index (χ1v) is 5.21. The molecule has 0 aliphatic carbocycles. The van der Waals surface area contributed by atoms with Gasteiger partial charge in [0.05, 0.1) is 0 Å². The molecule has 0 bridgehead atoms. The van der Waals surface area contributed by atoms with Crippen molar-refractivity contribution in [1.29, 1.82) is 0 Å². The first-order chi connectivity index (χ1) is 5.74. The highest BCUT2D eigenvalue weighted by atomic mass is 32.2. The van der Waals surface area contributed by atoms with E-state index in [1.54, 1.807) is 0 Å². The molecular weight excluding hydrogens is 166 g/mol. The molecule has 66 valence electrons. The van der Waals surface area contributed by atoms with Crippen molar-refractivity contribution in [2.24, 2.45) is 0 Å². The Morgan fingerprint density at radius 2 is 2.17 bits per heavy atom. The fourth-order valence-corrected chi connectivity index (χ4v) is 1.83. The Hall–Kier alpha value is -0.630. The summed E-state index contributed by atoms with van der Waals surface area (Å²) < 4.78 is 0. The average molecular weight is 181 g/mol. The van der Waals surface area contributed by atoms with Crippen LogP contribution in [0.3, 0.4) is 0 Å². The molecule has 1 rings (SSSR count). The molecule has 0 saturated heterocycles. The molecule has 1 nitrogen and oxygen atoms in total. The quantitative estimate of drug-likeness (QED) is 0.573. The number of benzene rings is 1. The predicted octanol–water partition coefficient (Wildman–Crippen LogP) is 3.08. The predicted molar refractivity (Wildman–Crippen MR) is 56.6 cm³/mol. The molecule has 2 heteroatoms. The topological polar surface area (TPSA) is 26.0 Å². The zero-order valence-electron chi connectivity index (χ0n) is 7.63. The number of anilines is 1. The van der Waals surface area contributed by atoms with Crippen LogP contribution in [0.25, 0.3) is 0 Å². The lowest BCUT2D eigenvalue weighted by atomic mass is 10.2. The first-order valence-electron chi connectivity index (χ1n) is 4.23. The zero-order valence-corrected chi connectivity index (χ0v) is 8.45. The van der Waals surface area contributed by atoms with E-state index in [0.29, 0.717) is 0 Å². The molecule has 2 N–H and O–H groups in total. The van der Waals surface area contributed by atoms with Crippen molar-refractivity contribution in [3.8, 4) is 0 Å². The molecule has 1 aromatic rings. The number of hydrogen-bond donors (Lipinski definition) is 1. The van der Waals surface area contributed by atoms with E-state index in [-0.39, 0.29) is 0 Å². The maximum atomic E-state index is 5.84. The second kappa shape index (κ2) is 4.41. The van der Waals surface area contributed by atoms with Crippen molar-refractivity contribution >= 4 is 17.4 Å². The third-order valence-electron chi connectivity index (χ3n) is 1.63. The van der Waals surface area contributed by atoms with E-state index in [1.165, 1.54) is 16.9 Å². The Morgan fingerprint density at radius 1 is 1.42 bits per heavy atom. The van der Waals surface area contributed by atoms with Gasteiger partial charge in [0.2, 0.25) is 0 Å². The van der Waals surface area contributed by atoms with Crippen molar-refractivity contribution in [3.05, 3.63) is 23.8 Å². The molecule has 0 spiro atoms. The molecule has 0 atom stereocenters. The van der Waals surface area contributed by atoms with Gasteiger partial charge in [-0.1, -0.05) is 13.0 Å². The van der Waals surface area contributed by atoms with Gasteiger partial charge in [-0.25, -0.2) is 0 Å². The van der Waals surface area contributed by atoms with Crippen molar-refractivity contribution < 1.29 is 0 Å². The van der Waals surface area contributed by atoms with Gasteiger partial charge in [-0.2, -0.15) is 0 Å². The monoisotopic (exact) mass is 181 g/mol. The largest absolute Gasteiger partial charge is 0.398 e. The molecule has 0 aromatic heterocycles. The number of hydrogen-bond acceptors (Lipinski definition) is 2. The third kappa shape index (κ3) is 2.45. The van der Waals surface area contributed by atoms with E-state index in [0.717, 1.165) is 11.4 Å². The molecule has 0 unspecified atom stereocenters. The molecular formula is C10H15NS. The highest BCUT2D eigenvalue weighted by molar-refractivity contribution is 7.99. The lowest BCUT2D eigenvalue weighted by molar-refractivity contribution is 1.10. The van der Waals surface area contributed by atoms with Crippen LogP contribution in [0.4, 0.5) is 5.69 Å². The van der Waals surface area contributed by atoms with Crippen LogP contribution in [0.2, 0.25) is 0 Å². The molecule has 0 saturated carbocycles. The second-order valence-electron chi connectivity index (χ2n) is 2.89. The van der Waals surface area contributed by atoms with Crippen LogP contribution in [0.5, 0.6) is 0 Å². The summed E-state index contributed by atoms with van der Waals surface area (Å²) in [5, 5.41) is 0. The Morgan fingerprint density at radius 3 is 2.75 bits per heavy atom. The number of aryl methyl sites for hydroxylation is 1. The van der Waals surface area contributed by atoms with Gasteiger partial charge in [0, 0.05) is 10.6 Å². The van der Waals surface area contributed by atoms with Gasteiger partial charge in [-0.15, -0.1) is 11.8 Å². The number of nitrogens with two attached hydrogens (primary N) is 1. The van der Waals surface area contributed by atoms with Crippen LogP contribution < -0.4 is 5.73 Å². The van der Waals surface area contributed by atoms with Crippen molar-refractivity contribution in [2.45, 2.75) is 25.2 Å². The number of nitrogen functional groups attached to an aromatic ring is 1. The van der Waals surface area contributed by atoms with E-state index in [2.05, 4.69) is 26.0 Å². The maximum Gasteiger partial charge on any atom is 0.0454 e. The fourth-order valence-electron chi connectivity index (χ4n) is 1.01. The molecule has 0 radical (unpaired) electrons. The van der Waals surface area contributed by atoms with E-state index >= 15 is 0 Å². The molecule has 0 aliphatic heterocycles. The van der Waals surface area contributed by atoms with Gasteiger partial charge < -0.3 is 5.73 Å². The lowest BCUT2D eigenvalue weighted by Gasteiger charge is -2.04. The van der Waals surface area contributed by atoms with Gasteiger partial charge >= 0.3 is 0 Å².